The summed E-state index contributed by atoms with van der Waals surface area (Å²) in [5.74, 6) is 5.68. The van der Waals surface area contributed by atoms with Crippen molar-refractivity contribution in [2.45, 2.75) is 13.8 Å². The number of halogens is 1. The molecule has 0 aliphatic carbocycles. The SMILES string of the molecule is C/C=C/C(=N\C=C(/C)NN)OC/C=C\C=C/CF. The monoisotopic (exact) mass is 253 g/mol. The van der Waals surface area contributed by atoms with Gasteiger partial charge in [-0.15, -0.1) is 0 Å². The lowest BCUT2D eigenvalue weighted by molar-refractivity contribution is 0.353. The van der Waals surface area contributed by atoms with E-state index >= 15 is 0 Å². The minimum Gasteiger partial charge on any atom is -0.473 e. The zero-order valence-electron chi connectivity index (χ0n) is 10.8. The van der Waals surface area contributed by atoms with Gasteiger partial charge in [0.05, 0.1) is 6.20 Å². The first-order valence-corrected chi connectivity index (χ1v) is 5.59. The first-order chi connectivity index (χ1) is 8.74. The molecule has 0 rings (SSSR count). The highest BCUT2D eigenvalue weighted by Crippen LogP contribution is 1.92. The van der Waals surface area contributed by atoms with E-state index in [2.05, 4.69) is 10.4 Å². The summed E-state index contributed by atoms with van der Waals surface area (Å²) in [4.78, 5) is 4.11. The first kappa shape index (κ1) is 16.1. The van der Waals surface area contributed by atoms with E-state index in [0.717, 1.165) is 5.70 Å². The van der Waals surface area contributed by atoms with Crippen LogP contribution in [-0.4, -0.2) is 19.2 Å². The van der Waals surface area contributed by atoms with Gasteiger partial charge in [0.1, 0.15) is 13.3 Å². The summed E-state index contributed by atoms with van der Waals surface area (Å²) >= 11 is 0. The Hall–Kier alpha value is -1.88. The number of nitrogens with two attached hydrogens (primary N) is 1. The van der Waals surface area contributed by atoms with Crippen molar-refractivity contribution in [3.05, 3.63) is 48.4 Å². The van der Waals surface area contributed by atoms with Crippen LogP contribution in [0.15, 0.2) is 53.3 Å². The number of allylic oxidation sites excluding steroid dienone is 5. The predicted octanol–water partition coefficient (Wildman–Crippen LogP) is 2.38. The fourth-order valence-corrected chi connectivity index (χ4v) is 0.866. The topological polar surface area (TPSA) is 59.6 Å². The molecule has 18 heavy (non-hydrogen) atoms. The van der Waals surface area contributed by atoms with E-state index in [1.54, 1.807) is 37.4 Å². The largest absolute Gasteiger partial charge is 0.473 e. The molecule has 0 spiro atoms. The van der Waals surface area contributed by atoms with Gasteiger partial charge >= 0.3 is 0 Å². The molecule has 0 unspecified atom stereocenters. The Morgan fingerprint density at radius 2 is 2.11 bits per heavy atom. The maximum atomic E-state index is 11.7. The van der Waals surface area contributed by atoms with E-state index in [9.17, 15) is 4.39 Å². The molecule has 100 valence electrons. The number of hydrazine groups is 1. The van der Waals surface area contributed by atoms with Gasteiger partial charge in [0.15, 0.2) is 0 Å². The van der Waals surface area contributed by atoms with Crippen molar-refractivity contribution >= 4 is 5.90 Å². The fourth-order valence-electron chi connectivity index (χ4n) is 0.866. The third kappa shape index (κ3) is 9.35. The van der Waals surface area contributed by atoms with Crippen LogP contribution in [0.5, 0.6) is 0 Å². The van der Waals surface area contributed by atoms with E-state index in [1.165, 1.54) is 6.08 Å². The van der Waals surface area contributed by atoms with Crippen molar-refractivity contribution in [2.24, 2.45) is 10.8 Å². The second-order valence-corrected chi connectivity index (χ2v) is 3.25. The van der Waals surface area contributed by atoms with Crippen LogP contribution in [-0.2, 0) is 4.74 Å². The molecule has 0 aromatic heterocycles. The van der Waals surface area contributed by atoms with Crippen molar-refractivity contribution in [3.63, 3.8) is 0 Å². The highest BCUT2D eigenvalue weighted by molar-refractivity contribution is 5.88. The first-order valence-electron chi connectivity index (χ1n) is 5.59. The van der Waals surface area contributed by atoms with Gasteiger partial charge in [-0.25, -0.2) is 9.38 Å². The Morgan fingerprint density at radius 1 is 1.39 bits per heavy atom. The van der Waals surface area contributed by atoms with Gasteiger partial charge in [-0.2, -0.15) is 0 Å². The van der Waals surface area contributed by atoms with Crippen LogP contribution < -0.4 is 11.3 Å². The minimum atomic E-state index is -0.466. The second kappa shape index (κ2) is 11.6. The van der Waals surface area contributed by atoms with E-state index in [0.29, 0.717) is 12.5 Å². The predicted molar refractivity (Wildman–Crippen MR) is 73.5 cm³/mol. The molecule has 3 N–H and O–H groups in total. The Bertz CT molecular complexity index is 357. The molecular formula is C13H20FN3O. The molecular weight excluding hydrogens is 233 g/mol. The molecule has 0 heterocycles. The van der Waals surface area contributed by atoms with Crippen molar-refractivity contribution in [2.75, 3.05) is 13.3 Å². The van der Waals surface area contributed by atoms with E-state index < -0.39 is 6.67 Å². The highest BCUT2D eigenvalue weighted by Gasteiger charge is 1.91. The molecule has 0 aliphatic rings. The summed E-state index contributed by atoms with van der Waals surface area (Å²) in [6.07, 6.45) is 11.7. The molecule has 0 radical (unpaired) electrons. The second-order valence-electron chi connectivity index (χ2n) is 3.25. The number of rotatable bonds is 7. The van der Waals surface area contributed by atoms with Crippen LogP contribution in [0.4, 0.5) is 4.39 Å². The zero-order chi connectivity index (χ0) is 13.6. The molecule has 0 amide bonds. The van der Waals surface area contributed by atoms with Gasteiger partial charge in [-0.3, -0.25) is 5.84 Å². The van der Waals surface area contributed by atoms with Crippen LogP contribution in [0.2, 0.25) is 0 Å². The average Bonchev–Trinajstić information content (AvgIpc) is 2.39. The van der Waals surface area contributed by atoms with Crippen molar-refractivity contribution in [1.29, 1.82) is 0 Å². The number of aliphatic imine (C=N–C) groups is 1. The Kier molecular flexibility index (Phi) is 10.4. The fraction of sp³-hybridized carbons (Fsp3) is 0.308. The molecule has 4 nitrogen and oxygen atoms in total. The summed E-state index contributed by atoms with van der Waals surface area (Å²) in [5, 5.41) is 0. The van der Waals surface area contributed by atoms with Gasteiger partial charge < -0.3 is 10.2 Å². The number of ether oxygens (including phenoxy) is 1. The minimum absolute atomic E-state index is 0.364. The summed E-state index contributed by atoms with van der Waals surface area (Å²) < 4.78 is 17.1. The summed E-state index contributed by atoms with van der Waals surface area (Å²) in [5.41, 5.74) is 3.19. The van der Waals surface area contributed by atoms with Crippen LogP contribution in [0, 0.1) is 0 Å². The Balaban J connectivity index is 4.29. The van der Waals surface area contributed by atoms with Crippen molar-refractivity contribution in [3.8, 4) is 0 Å². The molecule has 0 saturated heterocycles. The van der Waals surface area contributed by atoms with Crippen LogP contribution in [0.3, 0.4) is 0 Å². The van der Waals surface area contributed by atoms with Crippen LogP contribution >= 0.6 is 0 Å². The third-order valence-corrected chi connectivity index (χ3v) is 1.72. The quantitative estimate of drug-likeness (QED) is 0.241. The Morgan fingerprint density at radius 3 is 2.72 bits per heavy atom. The number of nitrogens with zero attached hydrogens (tertiary/aromatic N) is 1. The molecule has 0 aliphatic heterocycles. The summed E-state index contributed by atoms with van der Waals surface area (Å²) in [7, 11) is 0. The van der Waals surface area contributed by atoms with Crippen LogP contribution in [0.1, 0.15) is 13.8 Å². The normalized spacial score (nSPS) is 14.0. The lowest BCUT2D eigenvalue weighted by Crippen LogP contribution is -2.18. The molecule has 0 aromatic carbocycles. The van der Waals surface area contributed by atoms with Gasteiger partial charge in [0.25, 0.3) is 0 Å². The average molecular weight is 253 g/mol. The van der Waals surface area contributed by atoms with E-state index in [-0.39, 0.29) is 0 Å². The zero-order valence-corrected chi connectivity index (χ0v) is 10.8. The maximum Gasteiger partial charge on any atom is 0.213 e. The highest BCUT2D eigenvalue weighted by atomic mass is 19.1. The van der Waals surface area contributed by atoms with E-state index in [4.69, 9.17) is 10.6 Å². The van der Waals surface area contributed by atoms with Gasteiger partial charge in [0.2, 0.25) is 5.90 Å². The molecule has 5 heteroatoms. The smallest absolute Gasteiger partial charge is 0.213 e. The summed E-state index contributed by atoms with van der Waals surface area (Å²) in [6.45, 7) is 3.56. The van der Waals surface area contributed by atoms with Crippen molar-refractivity contribution < 1.29 is 9.13 Å². The Labute approximate surface area is 107 Å². The number of alkyl halides is 1. The molecule has 0 atom stereocenters. The maximum absolute atomic E-state index is 11.7. The lowest BCUT2D eigenvalue weighted by atomic mass is 10.4. The molecule has 0 bridgehead atoms. The van der Waals surface area contributed by atoms with Crippen LogP contribution in [0.25, 0.3) is 0 Å². The van der Waals surface area contributed by atoms with Gasteiger partial charge in [0, 0.05) is 5.70 Å². The number of hydrogen-bond donors (Lipinski definition) is 2. The molecule has 0 aromatic rings. The van der Waals surface area contributed by atoms with E-state index in [1.807, 2.05) is 13.0 Å². The van der Waals surface area contributed by atoms with Gasteiger partial charge in [-0.1, -0.05) is 24.3 Å². The molecule has 0 fully saturated rings. The number of hydrogen-bond acceptors (Lipinski definition) is 4. The lowest BCUT2D eigenvalue weighted by Gasteiger charge is -2.02. The van der Waals surface area contributed by atoms with Crippen molar-refractivity contribution in [1.82, 2.24) is 5.43 Å². The third-order valence-electron chi connectivity index (χ3n) is 1.72. The molecule has 0 saturated carbocycles. The van der Waals surface area contributed by atoms with Gasteiger partial charge in [-0.05, 0) is 26.0 Å². The number of nitrogens with one attached hydrogen (secondary N) is 1. The summed E-state index contributed by atoms with van der Waals surface area (Å²) in [6, 6.07) is 0. The standard InChI is InChI=1S/C13H20FN3O/c1-3-8-13(16-11-12(2)17-15)18-10-7-5-4-6-9-14/h3-8,11,17H,9-10,15H2,1-2H3/b6-4-,7-5-,8-3+,12-11+,16-13+.